The monoisotopic (exact) mass is 415 g/mol. The Labute approximate surface area is 144 Å². The Morgan fingerprint density at radius 2 is 1.71 bits per heavy atom. The smallest absolute Gasteiger partial charge is 0.253 e. The maximum Gasteiger partial charge on any atom is 0.253 e. The number of rotatable bonds is 2. The summed E-state index contributed by atoms with van der Waals surface area (Å²) in [6, 6.07) is 6.01. The highest BCUT2D eigenvalue weighted by Crippen LogP contribution is 2.53. The van der Waals surface area contributed by atoms with Gasteiger partial charge in [0.25, 0.3) is 5.91 Å². The third-order valence-electron chi connectivity index (χ3n) is 5.70. The maximum absolute atomic E-state index is 12.6. The number of halogens is 2. The fourth-order valence-corrected chi connectivity index (χ4v) is 5.76. The molecular weight excluding hydrogens is 397 g/mol. The minimum absolute atomic E-state index is 0.0102. The van der Waals surface area contributed by atoms with Gasteiger partial charge in [0.1, 0.15) is 0 Å². The van der Waals surface area contributed by atoms with Crippen LogP contribution in [0.3, 0.4) is 0 Å². The zero-order valence-corrected chi connectivity index (χ0v) is 14.7. The van der Waals surface area contributed by atoms with E-state index in [0.717, 1.165) is 15.4 Å². The fraction of sp³-hybridized carbons (Fsp3) is 0.588. The molecule has 21 heavy (non-hydrogen) atoms. The molecule has 1 aromatic carbocycles. The summed E-state index contributed by atoms with van der Waals surface area (Å²) in [6.07, 6.45) is 6.71. The topological polar surface area (TPSA) is 29.1 Å². The van der Waals surface area contributed by atoms with Crippen molar-refractivity contribution in [3.8, 4) is 0 Å². The first-order valence-electron chi connectivity index (χ1n) is 7.86. The molecule has 0 heterocycles. The molecule has 1 amide bonds. The highest BCUT2D eigenvalue weighted by atomic mass is 127. The van der Waals surface area contributed by atoms with Crippen LogP contribution in [0, 0.1) is 27.2 Å². The van der Waals surface area contributed by atoms with E-state index in [1.807, 2.05) is 18.2 Å². The molecule has 4 aliphatic carbocycles. The van der Waals surface area contributed by atoms with Crippen LogP contribution in [0.1, 0.15) is 42.5 Å². The van der Waals surface area contributed by atoms with E-state index in [4.69, 9.17) is 11.6 Å². The summed E-state index contributed by atoms with van der Waals surface area (Å²) in [6.45, 7) is 0. The first-order chi connectivity index (χ1) is 10.1. The van der Waals surface area contributed by atoms with E-state index in [0.29, 0.717) is 28.5 Å². The number of nitrogens with one attached hydrogen (secondary N) is 1. The van der Waals surface area contributed by atoms with Gasteiger partial charge in [-0.25, -0.2) is 0 Å². The van der Waals surface area contributed by atoms with Crippen molar-refractivity contribution < 1.29 is 4.79 Å². The predicted molar refractivity (Wildman–Crippen MR) is 92.5 cm³/mol. The summed E-state index contributed by atoms with van der Waals surface area (Å²) in [5, 5.41) is 3.87. The Balaban J connectivity index is 1.53. The molecule has 5 rings (SSSR count). The molecule has 0 saturated heterocycles. The summed E-state index contributed by atoms with van der Waals surface area (Å²) < 4.78 is 1.05. The van der Waals surface area contributed by atoms with Crippen molar-refractivity contribution in [3.63, 3.8) is 0 Å². The van der Waals surface area contributed by atoms with Crippen LogP contribution in [0.4, 0.5) is 0 Å². The fourth-order valence-electron chi connectivity index (χ4n) is 5.06. The van der Waals surface area contributed by atoms with Crippen LogP contribution in [0.2, 0.25) is 5.02 Å². The summed E-state index contributed by atoms with van der Waals surface area (Å²) in [5.74, 6) is 3.28. The van der Waals surface area contributed by atoms with E-state index >= 15 is 0 Å². The van der Waals surface area contributed by atoms with Gasteiger partial charge in [-0.15, -0.1) is 0 Å². The van der Waals surface area contributed by atoms with Crippen molar-refractivity contribution >= 4 is 40.1 Å². The first kappa shape index (κ1) is 14.3. The Bertz CT molecular complexity index is 560. The SMILES string of the molecule is O=C(NC1C2CC3CC(C2)CC1C3)c1cc(I)ccc1Cl. The second-order valence-electron chi connectivity index (χ2n) is 7.05. The third-order valence-corrected chi connectivity index (χ3v) is 6.70. The van der Waals surface area contributed by atoms with Crippen molar-refractivity contribution in [3.05, 3.63) is 32.4 Å². The Kier molecular flexibility index (Phi) is 3.69. The van der Waals surface area contributed by atoms with E-state index in [9.17, 15) is 4.79 Å². The molecule has 0 spiro atoms. The number of hydrogen-bond acceptors (Lipinski definition) is 1. The van der Waals surface area contributed by atoms with E-state index in [-0.39, 0.29) is 5.91 Å². The minimum Gasteiger partial charge on any atom is -0.349 e. The van der Waals surface area contributed by atoms with E-state index in [1.165, 1.54) is 32.1 Å². The van der Waals surface area contributed by atoms with Gasteiger partial charge < -0.3 is 5.32 Å². The van der Waals surface area contributed by atoms with Gasteiger partial charge in [0, 0.05) is 9.61 Å². The molecule has 0 radical (unpaired) electrons. The molecule has 1 N–H and O–H groups in total. The Morgan fingerprint density at radius 3 is 2.33 bits per heavy atom. The van der Waals surface area contributed by atoms with E-state index < -0.39 is 0 Å². The van der Waals surface area contributed by atoms with Gasteiger partial charge in [-0.3, -0.25) is 4.79 Å². The van der Waals surface area contributed by atoms with Crippen molar-refractivity contribution in [2.24, 2.45) is 23.7 Å². The number of benzene rings is 1. The summed E-state index contributed by atoms with van der Waals surface area (Å²) in [7, 11) is 0. The number of amides is 1. The summed E-state index contributed by atoms with van der Waals surface area (Å²) in [4.78, 5) is 12.6. The van der Waals surface area contributed by atoms with Crippen molar-refractivity contribution in [2.75, 3.05) is 0 Å². The van der Waals surface area contributed by atoms with Crippen LogP contribution in [0.15, 0.2) is 18.2 Å². The molecule has 4 saturated carbocycles. The Morgan fingerprint density at radius 1 is 1.10 bits per heavy atom. The summed E-state index contributed by atoms with van der Waals surface area (Å²) in [5.41, 5.74) is 0.623. The van der Waals surface area contributed by atoms with Gasteiger partial charge in [-0.05, 0) is 96.6 Å². The van der Waals surface area contributed by atoms with Crippen molar-refractivity contribution in [1.82, 2.24) is 5.32 Å². The average molecular weight is 416 g/mol. The Hall–Kier alpha value is -0.290. The lowest BCUT2D eigenvalue weighted by Crippen LogP contribution is -2.55. The third kappa shape index (κ3) is 2.61. The van der Waals surface area contributed by atoms with Crippen molar-refractivity contribution in [2.45, 2.75) is 38.1 Å². The largest absolute Gasteiger partial charge is 0.349 e. The van der Waals surface area contributed by atoms with Crippen LogP contribution in [-0.2, 0) is 0 Å². The molecule has 0 aliphatic heterocycles. The number of carbonyl (C=O) groups excluding carboxylic acids is 1. The molecule has 2 nitrogen and oxygen atoms in total. The molecule has 112 valence electrons. The van der Waals surface area contributed by atoms with Gasteiger partial charge in [-0.1, -0.05) is 11.6 Å². The van der Waals surface area contributed by atoms with Gasteiger partial charge >= 0.3 is 0 Å². The lowest BCUT2D eigenvalue weighted by molar-refractivity contribution is -0.0119. The van der Waals surface area contributed by atoms with Crippen LogP contribution in [0.5, 0.6) is 0 Å². The van der Waals surface area contributed by atoms with E-state index in [2.05, 4.69) is 27.9 Å². The molecule has 4 fully saturated rings. The first-order valence-corrected chi connectivity index (χ1v) is 9.31. The standard InChI is InChI=1S/C17H19ClINO/c18-15-2-1-13(19)8-14(15)17(21)20-16-11-4-9-3-10(6-11)7-12(16)5-9/h1-2,8-12,16H,3-7H2,(H,20,21). The summed E-state index contributed by atoms with van der Waals surface area (Å²) >= 11 is 8.42. The molecule has 4 aliphatic rings. The van der Waals surface area contributed by atoms with E-state index in [1.54, 1.807) is 0 Å². The number of carbonyl (C=O) groups is 1. The quantitative estimate of drug-likeness (QED) is 0.708. The highest BCUT2D eigenvalue weighted by molar-refractivity contribution is 14.1. The maximum atomic E-state index is 12.6. The predicted octanol–water partition coefficient (Wildman–Crippen LogP) is 4.50. The van der Waals surface area contributed by atoms with Gasteiger partial charge in [0.2, 0.25) is 0 Å². The molecule has 0 aromatic heterocycles. The van der Waals surface area contributed by atoms with Gasteiger partial charge in [-0.2, -0.15) is 0 Å². The van der Waals surface area contributed by atoms with Gasteiger partial charge in [0.05, 0.1) is 10.6 Å². The molecular formula is C17H19ClINO. The van der Waals surface area contributed by atoms with Crippen LogP contribution < -0.4 is 5.32 Å². The normalized spacial score (nSPS) is 36.8. The molecule has 4 bridgehead atoms. The molecule has 1 aromatic rings. The lowest BCUT2D eigenvalue weighted by Gasteiger charge is -2.54. The number of hydrogen-bond donors (Lipinski definition) is 1. The zero-order valence-electron chi connectivity index (χ0n) is 11.8. The highest BCUT2D eigenvalue weighted by Gasteiger charge is 2.48. The van der Waals surface area contributed by atoms with Gasteiger partial charge in [0.15, 0.2) is 0 Å². The second kappa shape index (κ2) is 5.41. The minimum atomic E-state index is 0.0102. The average Bonchev–Trinajstić information content (AvgIpc) is 2.44. The van der Waals surface area contributed by atoms with Crippen molar-refractivity contribution in [1.29, 1.82) is 0 Å². The van der Waals surface area contributed by atoms with Crippen LogP contribution >= 0.6 is 34.2 Å². The molecule has 0 unspecified atom stereocenters. The lowest BCUT2D eigenvalue weighted by atomic mass is 9.54. The second-order valence-corrected chi connectivity index (χ2v) is 8.71. The molecule has 0 atom stereocenters. The zero-order chi connectivity index (χ0) is 14.6. The molecule has 4 heteroatoms. The van der Waals surface area contributed by atoms with Crippen LogP contribution in [0.25, 0.3) is 0 Å². The van der Waals surface area contributed by atoms with Crippen LogP contribution in [-0.4, -0.2) is 11.9 Å².